The van der Waals surface area contributed by atoms with Crippen LogP contribution in [0.15, 0.2) is 72.3 Å². The van der Waals surface area contributed by atoms with Gasteiger partial charge in [-0.3, -0.25) is 0 Å². The Bertz CT molecular complexity index is 645. The summed E-state index contributed by atoms with van der Waals surface area (Å²) >= 11 is 0. The van der Waals surface area contributed by atoms with Gasteiger partial charge in [0.15, 0.2) is 0 Å². The van der Waals surface area contributed by atoms with Crippen molar-refractivity contribution in [2.45, 2.75) is 72.6 Å². The van der Waals surface area contributed by atoms with Crippen molar-refractivity contribution in [3.05, 3.63) is 83.4 Å². The Labute approximate surface area is 185 Å². The largest absolute Gasteiger partial charge is 0.396 e. The van der Waals surface area contributed by atoms with Crippen LogP contribution in [0.5, 0.6) is 0 Å². The van der Waals surface area contributed by atoms with Gasteiger partial charge in [-0.25, -0.2) is 0 Å². The summed E-state index contributed by atoms with van der Waals surface area (Å²) in [5, 5.41) is 18.1. The number of hydrogen-bond acceptors (Lipinski definition) is 2. The minimum atomic E-state index is 0.156. The van der Waals surface area contributed by atoms with E-state index in [2.05, 4.69) is 75.4 Å². The van der Waals surface area contributed by atoms with Gasteiger partial charge >= 0.3 is 0 Å². The number of aliphatic hydroxyl groups excluding tert-OH is 2. The molecular weight excluding hydrogens is 368 g/mol. The lowest BCUT2D eigenvalue weighted by Gasteiger charge is -2.17. The zero-order chi connectivity index (χ0) is 22.8. The lowest BCUT2D eigenvalue weighted by molar-refractivity contribution is 0.209. The first-order valence-corrected chi connectivity index (χ1v) is 11.5. The maximum atomic E-state index is 9.12. The molecule has 0 spiro atoms. The maximum Gasteiger partial charge on any atom is 0.0639 e. The molecule has 0 aliphatic heterocycles. The van der Waals surface area contributed by atoms with Gasteiger partial charge in [0.25, 0.3) is 0 Å². The van der Waals surface area contributed by atoms with Gasteiger partial charge in [0.2, 0.25) is 0 Å². The molecule has 0 amide bonds. The van der Waals surface area contributed by atoms with Crippen molar-refractivity contribution >= 4 is 0 Å². The minimum absolute atomic E-state index is 0.156. The molecule has 0 fully saturated rings. The highest BCUT2D eigenvalue weighted by atomic mass is 16.3. The van der Waals surface area contributed by atoms with Crippen LogP contribution in [-0.2, 0) is 0 Å². The van der Waals surface area contributed by atoms with Crippen molar-refractivity contribution in [2.24, 2.45) is 5.92 Å². The molecule has 0 saturated heterocycles. The molecule has 30 heavy (non-hydrogen) atoms. The summed E-state index contributed by atoms with van der Waals surface area (Å²) in [6.45, 7) is 13.0. The molecular formula is C28H44O2. The van der Waals surface area contributed by atoms with Crippen LogP contribution in [0.2, 0.25) is 0 Å². The smallest absolute Gasteiger partial charge is 0.0639 e. The monoisotopic (exact) mass is 412 g/mol. The van der Waals surface area contributed by atoms with E-state index in [-0.39, 0.29) is 6.61 Å². The Kier molecular flexibility index (Phi) is 16.8. The highest BCUT2D eigenvalue weighted by Crippen LogP contribution is 2.24. The molecule has 3 atom stereocenters. The summed E-state index contributed by atoms with van der Waals surface area (Å²) in [5.74, 6) is 1.43. The Balaban J connectivity index is 0.000000518. The Morgan fingerprint density at radius 2 is 1.33 bits per heavy atom. The van der Waals surface area contributed by atoms with Crippen LogP contribution in [0.3, 0.4) is 0 Å². The second-order valence-electron chi connectivity index (χ2n) is 7.60. The maximum absolute atomic E-state index is 9.12. The van der Waals surface area contributed by atoms with Crippen LogP contribution >= 0.6 is 0 Å². The first-order valence-electron chi connectivity index (χ1n) is 11.5. The van der Waals surface area contributed by atoms with E-state index in [1.165, 1.54) is 11.1 Å². The van der Waals surface area contributed by atoms with Crippen LogP contribution in [0.4, 0.5) is 0 Å². The number of rotatable bonds is 9. The molecule has 2 N–H and O–H groups in total. The van der Waals surface area contributed by atoms with Gasteiger partial charge in [-0.05, 0) is 42.7 Å². The van der Waals surface area contributed by atoms with Gasteiger partial charge in [-0.2, -0.15) is 0 Å². The van der Waals surface area contributed by atoms with Crippen molar-refractivity contribution < 1.29 is 10.2 Å². The predicted molar refractivity (Wildman–Crippen MR) is 132 cm³/mol. The van der Waals surface area contributed by atoms with Crippen molar-refractivity contribution in [3.63, 3.8) is 0 Å². The normalized spacial score (nSPS) is 13.8. The predicted octanol–water partition coefficient (Wildman–Crippen LogP) is 7.34. The molecule has 0 aliphatic rings. The number of allylic oxidation sites excluding steroid dienone is 1. The van der Waals surface area contributed by atoms with Crippen LogP contribution in [0.25, 0.3) is 0 Å². The average Bonchev–Trinajstić information content (AvgIpc) is 2.83. The Morgan fingerprint density at radius 3 is 1.73 bits per heavy atom. The fourth-order valence-electron chi connectivity index (χ4n) is 3.33. The second-order valence-corrected chi connectivity index (χ2v) is 7.60. The number of benzene rings is 2. The fourth-order valence-corrected chi connectivity index (χ4v) is 3.33. The molecule has 0 heterocycles. The molecule has 168 valence electrons. The lowest BCUT2D eigenvalue weighted by atomic mass is 9.89. The third-order valence-electron chi connectivity index (χ3n) is 5.29. The number of aliphatic hydroxyl groups is 2. The molecule has 0 aliphatic carbocycles. The van der Waals surface area contributed by atoms with Crippen LogP contribution < -0.4 is 0 Å². The van der Waals surface area contributed by atoms with E-state index >= 15 is 0 Å². The molecule has 2 nitrogen and oxygen atoms in total. The summed E-state index contributed by atoms with van der Waals surface area (Å²) in [4.78, 5) is 0. The van der Waals surface area contributed by atoms with Gasteiger partial charge < -0.3 is 10.2 Å². The summed E-state index contributed by atoms with van der Waals surface area (Å²) in [6.07, 6.45) is 5.36. The van der Waals surface area contributed by atoms with Crippen LogP contribution in [0.1, 0.15) is 83.8 Å². The molecule has 0 saturated carbocycles. The molecule has 2 rings (SSSR count). The number of hydrogen-bond donors (Lipinski definition) is 2. The molecule has 0 bridgehead atoms. The van der Waals surface area contributed by atoms with Crippen molar-refractivity contribution in [3.8, 4) is 0 Å². The molecule has 2 heteroatoms. The molecule has 3 unspecified atom stereocenters. The first-order chi connectivity index (χ1) is 14.5. The van der Waals surface area contributed by atoms with E-state index in [9.17, 15) is 0 Å². The van der Waals surface area contributed by atoms with Crippen molar-refractivity contribution in [1.29, 1.82) is 0 Å². The quantitative estimate of drug-likeness (QED) is 0.423. The van der Waals surface area contributed by atoms with Crippen molar-refractivity contribution in [2.75, 3.05) is 13.2 Å². The summed E-state index contributed by atoms with van der Waals surface area (Å²) in [5.41, 5.74) is 3.74. The van der Waals surface area contributed by atoms with Crippen LogP contribution in [0, 0.1) is 5.92 Å². The molecule has 0 aromatic heterocycles. The summed E-state index contributed by atoms with van der Waals surface area (Å²) in [7, 11) is 0. The third kappa shape index (κ3) is 11.3. The zero-order valence-electron chi connectivity index (χ0n) is 20.0. The first kappa shape index (κ1) is 28.1. The zero-order valence-corrected chi connectivity index (χ0v) is 20.0. The average molecular weight is 413 g/mol. The van der Waals surface area contributed by atoms with Gasteiger partial charge in [0.1, 0.15) is 0 Å². The van der Waals surface area contributed by atoms with E-state index in [1.54, 1.807) is 0 Å². The Hall–Kier alpha value is -1.90. The van der Waals surface area contributed by atoms with Gasteiger partial charge in [-0.1, -0.05) is 113 Å². The highest BCUT2D eigenvalue weighted by molar-refractivity contribution is 5.25. The third-order valence-corrected chi connectivity index (χ3v) is 5.29. The van der Waals surface area contributed by atoms with E-state index in [0.717, 1.165) is 24.8 Å². The molecule has 2 aromatic carbocycles. The summed E-state index contributed by atoms with van der Waals surface area (Å²) in [6, 6.07) is 20.9. The van der Waals surface area contributed by atoms with E-state index in [1.807, 2.05) is 32.9 Å². The fraction of sp³-hybridized carbons (Fsp3) is 0.500. The van der Waals surface area contributed by atoms with E-state index in [4.69, 9.17) is 10.2 Å². The minimum Gasteiger partial charge on any atom is -0.396 e. The van der Waals surface area contributed by atoms with Gasteiger partial charge in [-0.15, -0.1) is 0 Å². The molecule has 2 aromatic rings. The Morgan fingerprint density at radius 1 is 0.833 bits per heavy atom. The second kappa shape index (κ2) is 17.9. The van der Waals surface area contributed by atoms with E-state index in [0.29, 0.717) is 24.4 Å². The standard InChI is InChI=1S/C13H20O.C13H18O.C2H6/c1-3-12(10-14)9-11(2)13-7-5-4-6-8-13;1-3-12(9-11(2)10-14)13-7-5-4-6-8-13;1-2/h4-8,11-12,14H,3,9-10H2,1-2H3;4-9,12,14H,3,10H2,1-2H3;1-2H3/b;11-9+;. The summed E-state index contributed by atoms with van der Waals surface area (Å²) < 4.78 is 0. The van der Waals surface area contributed by atoms with Gasteiger partial charge in [0.05, 0.1) is 6.61 Å². The SMILES string of the molecule is CC.CCC(/C=C(\C)CO)c1ccccc1.CCC(CO)CC(C)c1ccccc1. The molecule has 0 radical (unpaired) electrons. The topological polar surface area (TPSA) is 40.5 Å². The van der Waals surface area contributed by atoms with Crippen molar-refractivity contribution in [1.82, 2.24) is 0 Å². The van der Waals surface area contributed by atoms with Crippen LogP contribution in [-0.4, -0.2) is 23.4 Å². The highest BCUT2D eigenvalue weighted by Gasteiger charge is 2.11. The van der Waals surface area contributed by atoms with Gasteiger partial charge in [0, 0.05) is 12.5 Å². The lowest BCUT2D eigenvalue weighted by Crippen LogP contribution is -2.08. The van der Waals surface area contributed by atoms with E-state index < -0.39 is 0 Å².